The lowest BCUT2D eigenvalue weighted by atomic mass is 9.67. The van der Waals surface area contributed by atoms with Crippen LogP contribution in [0.15, 0.2) is 115 Å². The van der Waals surface area contributed by atoms with E-state index in [0.717, 1.165) is 27.6 Å². The van der Waals surface area contributed by atoms with E-state index in [1.165, 1.54) is 27.8 Å². The summed E-state index contributed by atoms with van der Waals surface area (Å²) in [5.41, 5.74) is 9.81. The number of rotatable bonds is 8. The number of pyridine rings is 1. The van der Waals surface area contributed by atoms with Gasteiger partial charge in [-0.2, -0.15) is 0 Å². The topological polar surface area (TPSA) is 31.4 Å². The van der Waals surface area contributed by atoms with Crippen LogP contribution in [0.1, 0.15) is 33.4 Å². The van der Waals surface area contributed by atoms with Crippen molar-refractivity contribution < 1.29 is 9.47 Å². The van der Waals surface area contributed by atoms with Gasteiger partial charge in [0.2, 0.25) is 5.88 Å². The number of hydrogen-bond donors (Lipinski definition) is 0. The SMILES string of the molecule is C#CCOC(=C)/C=C\c1cc(C2(c3ccc4nc(OCC#C)ccc4c3)c3ccccc3-c3ccccc32)ccc1C. The van der Waals surface area contributed by atoms with Gasteiger partial charge >= 0.3 is 0 Å². The van der Waals surface area contributed by atoms with E-state index >= 15 is 0 Å². The Morgan fingerprint density at radius 2 is 1.50 bits per heavy atom. The molecule has 6 rings (SSSR count). The van der Waals surface area contributed by atoms with Crippen LogP contribution in [0.4, 0.5) is 0 Å². The molecule has 0 saturated heterocycles. The maximum absolute atomic E-state index is 5.58. The van der Waals surface area contributed by atoms with Gasteiger partial charge in [0, 0.05) is 11.5 Å². The van der Waals surface area contributed by atoms with Gasteiger partial charge in [0.25, 0.3) is 0 Å². The molecule has 1 aromatic heterocycles. The highest BCUT2D eigenvalue weighted by Gasteiger charge is 2.46. The van der Waals surface area contributed by atoms with Crippen molar-refractivity contribution in [3.05, 3.63) is 149 Å². The van der Waals surface area contributed by atoms with Gasteiger partial charge in [0.15, 0.2) is 6.61 Å². The number of benzene rings is 4. The second-order valence-electron chi connectivity index (χ2n) is 10.3. The highest BCUT2D eigenvalue weighted by molar-refractivity contribution is 5.88. The highest BCUT2D eigenvalue weighted by atomic mass is 16.5. The summed E-state index contributed by atoms with van der Waals surface area (Å²) in [5, 5.41) is 1.02. The molecule has 202 valence electrons. The van der Waals surface area contributed by atoms with Crippen molar-refractivity contribution in [3.8, 4) is 41.7 Å². The molecule has 5 aromatic rings. The Balaban J connectivity index is 1.58. The van der Waals surface area contributed by atoms with Crippen LogP contribution >= 0.6 is 0 Å². The summed E-state index contributed by atoms with van der Waals surface area (Å²) < 4.78 is 11.1. The lowest BCUT2D eigenvalue weighted by Crippen LogP contribution is -2.28. The first-order chi connectivity index (χ1) is 20.6. The fraction of sp³-hybridized carbons (Fsp3) is 0.103. The fourth-order valence-electron chi connectivity index (χ4n) is 5.98. The van der Waals surface area contributed by atoms with Gasteiger partial charge in [-0.05, 0) is 81.8 Å². The lowest BCUT2D eigenvalue weighted by Gasteiger charge is -2.34. The van der Waals surface area contributed by atoms with Crippen molar-refractivity contribution in [2.45, 2.75) is 12.3 Å². The van der Waals surface area contributed by atoms with Crippen molar-refractivity contribution in [1.82, 2.24) is 4.98 Å². The number of aromatic nitrogens is 1. The van der Waals surface area contributed by atoms with Gasteiger partial charge in [-0.25, -0.2) is 4.98 Å². The van der Waals surface area contributed by atoms with Crippen LogP contribution in [-0.4, -0.2) is 18.2 Å². The Morgan fingerprint density at radius 3 is 2.21 bits per heavy atom. The van der Waals surface area contributed by atoms with Gasteiger partial charge < -0.3 is 9.47 Å². The zero-order valence-corrected chi connectivity index (χ0v) is 23.4. The van der Waals surface area contributed by atoms with E-state index in [1.54, 1.807) is 0 Å². The number of terminal acetylenes is 2. The van der Waals surface area contributed by atoms with Crippen LogP contribution < -0.4 is 4.74 Å². The van der Waals surface area contributed by atoms with Crippen molar-refractivity contribution in [2.75, 3.05) is 13.2 Å². The van der Waals surface area contributed by atoms with Gasteiger partial charge in [-0.15, -0.1) is 12.8 Å². The summed E-state index contributed by atoms with van der Waals surface area (Å²) in [6, 6.07) is 34.5. The van der Waals surface area contributed by atoms with E-state index < -0.39 is 5.41 Å². The summed E-state index contributed by atoms with van der Waals surface area (Å²) in [4.78, 5) is 4.69. The lowest BCUT2D eigenvalue weighted by molar-refractivity contribution is 0.270. The maximum atomic E-state index is 5.58. The molecular formula is C39H29NO2. The molecule has 0 bridgehead atoms. The summed E-state index contributed by atoms with van der Waals surface area (Å²) in [7, 11) is 0. The molecule has 0 unspecified atom stereocenters. The number of allylic oxidation sites excluding steroid dienone is 1. The van der Waals surface area contributed by atoms with Crippen LogP contribution in [0.5, 0.6) is 5.88 Å². The van der Waals surface area contributed by atoms with Crippen LogP contribution in [0, 0.1) is 31.6 Å². The van der Waals surface area contributed by atoms with Gasteiger partial charge in [0.1, 0.15) is 12.4 Å². The van der Waals surface area contributed by atoms with Gasteiger partial charge in [-0.3, -0.25) is 0 Å². The number of ether oxygens (including phenoxy) is 2. The van der Waals surface area contributed by atoms with Crippen molar-refractivity contribution in [1.29, 1.82) is 0 Å². The number of nitrogens with zero attached hydrogens (tertiary/aromatic N) is 1. The second kappa shape index (κ2) is 11.2. The number of aryl methyl sites for hydroxylation is 1. The smallest absolute Gasteiger partial charge is 0.214 e. The first-order valence-electron chi connectivity index (χ1n) is 13.8. The first-order valence-corrected chi connectivity index (χ1v) is 13.8. The van der Waals surface area contributed by atoms with E-state index in [1.807, 2.05) is 24.3 Å². The molecule has 3 heteroatoms. The summed E-state index contributed by atoms with van der Waals surface area (Å²) in [6.07, 6.45) is 14.6. The molecule has 0 N–H and O–H groups in total. The van der Waals surface area contributed by atoms with Crippen LogP contribution in [0.25, 0.3) is 28.1 Å². The molecule has 0 amide bonds. The van der Waals surface area contributed by atoms with Crippen LogP contribution in [0.2, 0.25) is 0 Å². The summed E-state index contributed by atoms with van der Waals surface area (Å²) >= 11 is 0. The second-order valence-corrected chi connectivity index (χ2v) is 10.3. The standard InChI is InChI=1S/C39H29NO2/c1-5-23-41-28(4)16-17-29-25-31(19-15-27(29)3)39(35-13-9-7-11-33(35)34-12-8-10-14-36(34)39)32-20-21-37-30(26-32)18-22-38(40-37)42-24-6-2/h1-2,7-22,25-26H,4,23-24H2,3H3/b17-16-. The zero-order valence-electron chi connectivity index (χ0n) is 23.4. The summed E-state index contributed by atoms with van der Waals surface area (Å²) in [6.45, 7) is 6.46. The molecule has 3 nitrogen and oxygen atoms in total. The zero-order chi connectivity index (χ0) is 29.1. The average molecular weight is 544 g/mol. The Labute approximate surface area is 247 Å². The minimum atomic E-state index is -0.548. The molecule has 1 aliphatic carbocycles. The van der Waals surface area contributed by atoms with Crippen LogP contribution in [0.3, 0.4) is 0 Å². The molecule has 1 heterocycles. The predicted octanol–water partition coefficient (Wildman–Crippen LogP) is 8.10. The Morgan fingerprint density at radius 1 is 0.833 bits per heavy atom. The maximum Gasteiger partial charge on any atom is 0.214 e. The monoisotopic (exact) mass is 543 g/mol. The van der Waals surface area contributed by atoms with Crippen LogP contribution in [-0.2, 0) is 10.2 Å². The quantitative estimate of drug-likeness (QED) is 0.110. The fourth-order valence-corrected chi connectivity index (χ4v) is 5.98. The minimum Gasteiger partial charge on any atom is -0.482 e. The first kappa shape index (κ1) is 26.7. The van der Waals surface area contributed by atoms with Crippen molar-refractivity contribution in [2.24, 2.45) is 0 Å². The largest absolute Gasteiger partial charge is 0.482 e. The molecule has 0 fully saturated rings. The molecule has 0 radical (unpaired) electrons. The normalized spacial score (nSPS) is 12.7. The predicted molar refractivity (Wildman–Crippen MR) is 171 cm³/mol. The van der Waals surface area contributed by atoms with E-state index in [-0.39, 0.29) is 13.2 Å². The molecule has 0 saturated carbocycles. The Bertz CT molecular complexity index is 1900. The third kappa shape index (κ3) is 4.52. The van der Waals surface area contributed by atoms with E-state index in [2.05, 4.69) is 110 Å². The minimum absolute atomic E-state index is 0.181. The van der Waals surface area contributed by atoms with E-state index in [9.17, 15) is 0 Å². The van der Waals surface area contributed by atoms with Crippen molar-refractivity contribution >= 4 is 17.0 Å². The molecule has 42 heavy (non-hydrogen) atoms. The average Bonchev–Trinajstić information content (AvgIpc) is 3.33. The molecule has 4 aromatic carbocycles. The molecule has 0 spiro atoms. The third-order valence-electron chi connectivity index (χ3n) is 7.85. The van der Waals surface area contributed by atoms with E-state index in [0.29, 0.717) is 11.6 Å². The third-order valence-corrected chi connectivity index (χ3v) is 7.85. The van der Waals surface area contributed by atoms with Gasteiger partial charge in [0.05, 0.1) is 10.9 Å². The van der Waals surface area contributed by atoms with E-state index in [4.69, 9.17) is 27.3 Å². The highest BCUT2D eigenvalue weighted by Crippen LogP contribution is 2.56. The molecule has 1 aliphatic rings. The Kier molecular flexibility index (Phi) is 7.10. The summed E-state index contributed by atoms with van der Waals surface area (Å²) in [5.74, 6) is 6.02. The number of hydrogen-bond acceptors (Lipinski definition) is 3. The molecule has 0 atom stereocenters. The molecular weight excluding hydrogens is 514 g/mol. The van der Waals surface area contributed by atoms with Gasteiger partial charge in [-0.1, -0.05) is 91.2 Å². The van der Waals surface area contributed by atoms with Crippen molar-refractivity contribution in [3.63, 3.8) is 0 Å². The number of fused-ring (bicyclic) bond motifs is 4. The Hall–Kier alpha value is -5.51. The molecule has 0 aliphatic heterocycles.